The highest BCUT2D eigenvalue weighted by atomic mass is 32.2. The summed E-state index contributed by atoms with van der Waals surface area (Å²) in [6, 6.07) is 1.98. The van der Waals surface area contributed by atoms with Gasteiger partial charge in [-0.2, -0.15) is 0 Å². The van der Waals surface area contributed by atoms with Crippen LogP contribution in [0.15, 0.2) is 23.6 Å². The minimum Gasteiger partial charge on any atom is -0.333 e. The zero-order valence-electron chi connectivity index (χ0n) is 9.85. The molecule has 0 unspecified atom stereocenters. The molecule has 90 valence electrons. The summed E-state index contributed by atoms with van der Waals surface area (Å²) in [5.74, 6) is 2.09. The molecule has 17 heavy (non-hydrogen) atoms. The number of aromatic nitrogens is 3. The van der Waals surface area contributed by atoms with Gasteiger partial charge in [0.1, 0.15) is 5.52 Å². The fraction of sp³-hybridized carbons (Fsp3) is 0.538. The SMILES string of the molecule is c1cc2[nH]c(SCC3CCCCC3)nc2cn1. The lowest BCUT2D eigenvalue weighted by molar-refractivity contribution is 0.391. The molecule has 2 aromatic heterocycles. The van der Waals surface area contributed by atoms with E-state index in [0.29, 0.717) is 0 Å². The van der Waals surface area contributed by atoms with Crippen molar-refractivity contribution in [2.45, 2.75) is 37.3 Å². The van der Waals surface area contributed by atoms with Gasteiger partial charge in [-0.25, -0.2) is 4.98 Å². The van der Waals surface area contributed by atoms with Crippen molar-refractivity contribution in [2.75, 3.05) is 5.75 Å². The molecule has 3 rings (SSSR count). The van der Waals surface area contributed by atoms with E-state index in [-0.39, 0.29) is 0 Å². The monoisotopic (exact) mass is 247 g/mol. The van der Waals surface area contributed by atoms with Crippen LogP contribution in [-0.4, -0.2) is 20.7 Å². The summed E-state index contributed by atoms with van der Waals surface area (Å²) in [5.41, 5.74) is 2.06. The van der Waals surface area contributed by atoms with E-state index in [1.807, 2.05) is 24.0 Å². The Balaban J connectivity index is 1.64. The number of fused-ring (bicyclic) bond motifs is 1. The average molecular weight is 247 g/mol. The molecule has 1 fully saturated rings. The van der Waals surface area contributed by atoms with Crippen molar-refractivity contribution < 1.29 is 0 Å². The third-order valence-electron chi connectivity index (χ3n) is 3.44. The number of aromatic amines is 1. The minimum atomic E-state index is 0.889. The normalized spacial score (nSPS) is 17.6. The Morgan fingerprint density at radius 2 is 2.18 bits per heavy atom. The molecule has 1 aliphatic rings. The van der Waals surface area contributed by atoms with Gasteiger partial charge in [0.25, 0.3) is 0 Å². The number of nitrogens with zero attached hydrogens (tertiary/aromatic N) is 2. The molecule has 0 aliphatic heterocycles. The maximum Gasteiger partial charge on any atom is 0.166 e. The Labute approximate surface area is 105 Å². The minimum absolute atomic E-state index is 0.889. The third kappa shape index (κ3) is 2.63. The summed E-state index contributed by atoms with van der Waals surface area (Å²) in [6.07, 6.45) is 10.7. The van der Waals surface area contributed by atoms with Gasteiger partial charge in [-0.15, -0.1) is 0 Å². The van der Waals surface area contributed by atoms with Crippen LogP contribution in [0.4, 0.5) is 0 Å². The van der Waals surface area contributed by atoms with Crippen LogP contribution in [-0.2, 0) is 0 Å². The summed E-state index contributed by atoms with van der Waals surface area (Å²) in [4.78, 5) is 12.0. The van der Waals surface area contributed by atoms with Gasteiger partial charge in [0.15, 0.2) is 5.16 Å². The van der Waals surface area contributed by atoms with Crippen LogP contribution in [0.25, 0.3) is 11.0 Å². The Kier molecular flexibility index (Phi) is 3.31. The Morgan fingerprint density at radius 3 is 3.00 bits per heavy atom. The standard InChI is InChI=1S/C13H17N3S/c1-2-4-10(5-3-1)9-17-13-15-11-6-7-14-8-12(11)16-13/h6-8,10H,1-5,9H2,(H,15,16). The topological polar surface area (TPSA) is 41.6 Å². The first-order chi connectivity index (χ1) is 8.42. The van der Waals surface area contributed by atoms with Gasteiger partial charge in [0, 0.05) is 11.9 Å². The lowest BCUT2D eigenvalue weighted by atomic mass is 9.91. The number of rotatable bonds is 3. The van der Waals surface area contributed by atoms with Crippen molar-refractivity contribution in [1.29, 1.82) is 0 Å². The molecule has 2 heterocycles. The van der Waals surface area contributed by atoms with Crippen LogP contribution in [0.2, 0.25) is 0 Å². The Bertz CT molecular complexity index is 455. The number of pyridine rings is 1. The molecule has 1 aliphatic carbocycles. The summed E-state index contributed by atoms with van der Waals surface area (Å²) < 4.78 is 0. The maximum absolute atomic E-state index is 4.54. The van der Waals surface area contributed by atoms with Gasteiger partial charge < -0.3 is 4.98 Å². The molecule has 0 atom stereocenters. The molecule has 0 saturated heterocycles. The van der Waals surface area contributed by atoms with Crippen LogP contribution in [0.5, 0.6) is 0 Å². The van der Waals surface area contributed by atoms with Gasteiger partial charge in [-0.3, -0.25) is 4.98 Å². The van der Waals surface area contributed by atoms with E-state index in [2.05, 4.69) is 15.0 Å². The van der Waals surface area contributed by atoms with E-state index >= 15 is 0 Å². The number of H-pyrrole nitrogens is 1. The molecule has 3 nitrogen and oxygen atoms in total. The van der Waals surface area contributed by atoms with Crippen molar-refractivity contribution in [3.63, 3.8) is 0 Å². The second-order valence-corrected chi connectivity index (χ2v) is 5.76. The van der Waals surface area contributed by atoms with E-state index in [1.54, 1.807) is 6.20 Å². The number of thioether (sulfide) groups is 1. The first kappa shape index (κ1) is 11.1. The third-order valence-corrected chi connectivity index (χ3v) is 4.55. The maximum atomic E-state index is 4.54. The highest BCUT2D eigenvalue weighted by Crippen LogP contribution is 2.29. The smallest absolute Gasteiger partial charge is 0.166 e. The van der Waals surface area contributed by atoms with Gasteiger partial charge in [-0.1, -0.05) is 31.0 Å². The summed E-state index contributed by atoms with van der Waals surface area (Å²) in [5, 5.41) is 1.04. The van der Waals surface area contributed by atoms with Crippen LogP contribution >= 0.6 is 11.8 Å². The zero-order valence-corrected chi connectivity index (χ0v) is 10.7. The van der Waals surface area contributed by atoms with Crippen molar-refractivity contribution in [3.8, 4) is 0 Å². The van der Waals surface area contributed by atoms with Gasteiger partial charge in [0.05, 0.1) is 11.7 Å². The van der Waals surface area contributed by atoms with E-state index in [4.69, 9.17) is 0 Å². The first-order valence-corrected chi connectivity index (χ1v) is 7.33. The van der Waals surface area contributed by atoms with E-state index in [0.717, 1.165) is 22.1 Å². The van der Waals surface area contributed by atoms with E-state index < -0.39 is 0 Å². The molecule has 0 bridgehead atoms. The number of hydrogen-bond acceptors (Lipinski definition) is 3. The average Bonchev–Trinajstić information content (AvgIpc) is 2.80. The largest absolute Gasteiger partial charge is 0.333 e. The molecule has 0 spiro atoms. The highest BCUT2D eigenvalue weighted by molar-refractivity contribution is 7.99. The van der Waals surface area contributed by atoms with Crippen LogP contribution < -0.4 is 0 Å². The first-order valence-electron chi connectivity index (χ1n) is 6.34. The number of hydrogen-bond donors (Lipinski definition) is 1. The highest BCUT2D eigenvalue weighted by Gasteiger charge is 2.14. The van der Waals surface area contributed by atoms with Crippen molar-refractivity contribution in [2.24, 2.45) is 5.92 Å². The second-order valence-electron chi connectivity index (χ2n) is 4.75. The molecule has 0 amide bonds. The quantitative estimate of drug-likeness (QED) is 0.842. The predicted octanol–water partition coefficient (Wildman–Crippen LogP) is 3.63. The fourth-order valence-corrected chi connectivity index (χ4v) is 3.52. The molecule has 4 heteroatoms. The van der Waals surface area contributed by atoms with Crippen molar-refractivity contribution in [1.82, 2.24) is 15.0 Å². The van der Waals surface area contributed by atoms with Crippen molar-refractivity contribution >= 4 is 22.8 Å². The summed E-state index contributed by atoms with van der Waals surface area (Å²) >= 11 is 1.86. The molecule has 1 N–H and O–H groups in total. The lowest BCUT2D eigenvalue weighted by Crippen LogP contribution is -2.08. The van der Waals surface area contributed by atoms with Crippen LogP contribution in [0.3, 0.4) is 0 Å². The molecular weight excluding hydrogens is 230 g/mol. The van der Waals surface area contributed by atoms with Gasteiger partial charge in [0.2, 0.25) is 0 Å². The number of imidazole rings is 1. The van der Waals surface area contributed by atoms with Gasteiger partial charge >= 0.3 is 0 Å². The van der Waals surface area contributed by atoms with Crippen molar-refractivity contribution in [3.05, 3.63) is 18.5 Å². The lowest BCUT2D eigenvalue weighted by Gasteiger charge is -2.20. The van der Waals surface area contributed by atoms with Gasteiger partial charge in [-0.05, 0) is 24.8 Å². The summed E-state index contributed by atoms with van der Waals surface area (Å²) in [6.45, 7) is 0. The molecule has 0 aromatic carbocycles. The molecular formula is C13H17N3S. The fourth-order valence-electron chi connectivity index (χ4n) is 2.45. The zero-order chi connectivity index (χ0) is 11.5. The number of nitrogens with one attached hydrogen (secondary N) is 1. The molecule has 2 aromatic rings. The molecule has 1 saturated carbocycles. The Hall–Kier alpha value is -1.03. The van der Waals surface area contributed by atoms with E-state index in [9.17, 15) is 0 Å². The summed E-state index contributed by atoms with van der Waals surface area (Å²) in [7, 11) is 0. The Morgan fingerprint density at radius 1 is 1.29 bits per heavy atom. The van der Waals surface area contributed by atoms with E-state index in [1.165, 1.54) is 37.9 Å². The second kappa shape index (κ2) is 5.08. The van der Waals surface area contributed by atoms with Crippen LogP contribution in [0, 0.1) is 5.92 Å². The predicted molar refractivity (Wildman–Crippen MR) is 71.2 cm³/mol. The van der Waals surface area contributed by atoms with Crippen LogP contribution in [0.1, 0.15) is 32.1 Å². The molecule has 0 radical (unpaired) electrons.